The van der Waals surface area contributed by atoms with E-state index in [4.69, 9.17) is 37.6 Å². The summed E-state index contributed by atoms with van der Waals surface area (Å²) in [4.78, 5) is 42.0. The molecule has 0 saturated carbocycles. The number of carboxylic acid groups (broad SMARTS) is 1. The van der Waals surface area contributed by atoms with Crippen LogP contribution in [-0.4, -0.2) is 62.3 Å². The molecule has 2 aliphatic heterocycles. The highest BCUT2D eigenvalue weighted by atomic mass is 35.5. The maximum atomic E-state index is 14.4. The van der Waals surface area contributed by atoms with Crippen LogP contribution < -0.4 is 4.90 Å². The van der Waals surface area contributed by atoms with Crippen LogP contribution in [0.4, 0.5) is 28.0 Å². The molecule has 2 aliphatic rings. The van der Waals surface area contributed by atoms with Gasteiger partial charge in [0.2, 0.25) is 0 Å². The largest absolute Gasteiger partial charge is 0.490 e. The molecule has 2 fully saturated rings. The second-order valence-corrected chi connectivity index (χ2v) is 12.2. The van der Waals surface area contributed by atoms with Crippen molar-refractivity contribution in [3.8, 4) is 11.3 Å². The second kappa shape index (κ2) is 14.0. The van der Waals surface area contributed by atoms with Crippen molar-refractivity contribution < 1.29 is 41.6 Å². The number of nitrogens with zero attached hydrogens (tertiary/aromatic N) is 4. The molecular formula is C33H28Cl2F4N4O5. The van der Waals surface area contributed by atoms with E-state index in [0.29, 0.717) is 52.1 Å². The van der Waals surface area contributed by atoms with Crippen molar-refractivity contribution in [3.05, 3.63) is 106 Å². The van der Waals surface area contributed by atoms with Crippen molar-refractivity contribution >= 4 is 46.8 Å². The number of urea groups is 1. The number of carbonyl (C=O) groups excluding carboxylic acids is 2. The summed E-state index contributed by atoms with van der Waals surface area (Å²) in [6, 6.07) is 22.2. The average Bonchev–Trinajstić information content (AvgIpc) is 3.58. The number of amides is 3. The van der Waals surface area contributed by atoms with Crippen molar-refractivity contribution in [2.75, 3.05) is 11.4 Å². The van der Waals surface area contributed by atoms with E-state index in [1.54, 1.807) is 36.4 Å². The monoisotopic (exact) mass is 706 g/mol. The lowest BCUT2D eigenvalue weighted by atomic mass is 9.81. The van der Waals surface area contributed by atoms with Gasteiger partial charge in [-0.15, -0.1) is 0 Å². The Hall–Kier alpha value is -4.46. The minimum absolute atomic E-state index is 0.00924. The zero-order valence-electron chi connectivity index (χ0n) is 25.3. The van der Waals surface area contributed by atoms with Gasteiger partial charge in [0, 0.05) is 36.4 Å². The highest BCUT2D eigenvalue weighted by Crippen LogP contribution is 2.43. The fourth-order valence-electron chi connectivity index (χ4n) is 5.90. The van der Waals surface area contributed by atoms with Gasteiger partial charge in [0.25, 0.3) is 5.91 Å². The summed E-state index contributed by atoms with van der Waals surface area (Å²) in [5, 5.41) is 12.0. The molecule has 6 rings (SSSR count). The summed E-state index contributed by atoms with van der Waals surface area (Å²) < 4.78 is 51.6. The molecule has 1 aromatic heterocycles. The summed E-state index contributed by atoms with van der Waals surface area (Å²) in [6.07, 6.45) is -4.26. The van der Waals surface area contributed by atoms with Gasteiger partial charge in [-0.25, -0.2) is 14.0 Å². The molecule has 0 bridgehead atoms. The lowest BCUT2D eigenvalue weighted by Gasteiger charge is -2.45. The number of halogens is 6. The number of rotatable bonds is 6. The molecule has 1 spiro atoms. The number of carbonyl (C=O) groups is 3. The van der Waals surface area contributed by atoms with E-state index in [-0.39, 0.29) is 18.5 Å². The van der Waals surface area contributed by atoms with Crippen molar-refractivity contribution in [1.29, 1.82) is 0 Å². The first-order valence-electron chi connectivity index (χ1n) is 14.6. The number of alkyl halides is 3. The molecule has 2 atom stereocenters. The van der Waals surface area contributed by atoms with Gasteiger partial charge in [-0.1, -0.05) is 64.8 Å². The van der Waals surface area contributed by atoms with Crippen molar-refractivity contribution in [1.82, 2.24) is 15.0 Å². The number of piperidine rings is 1. The standard InChI is InChI=1S/C31H27Cl2FN4O3.C2HF3O2/c1-20-17-31(12-13-36(20)18-21-6-3-2-4-7-21)29(39)37(30(40)38(31)25-9-5-8-23(34)15-25)19-24-16-28(41-35-24)22-10-11-26(32)27(33)14-22;3-2(4,5)1(6)7/h2-11,14-16,20H,12-13,17-19H2,1H3;(H,6,7)/t20-,31+;/m0./s1. The van der Waals surface area contributed by atoms with Crippen LogP contribution in [0.5, 0.6) is 0 Å². The summed E-state index contributed by atoms with van der Waals surface area (Å²) in [5.41, 5.74) is 1.45. The first-order valence-corrected chi connectivity index (χ1v) is 15.4. The van der Waals surface area contributed by atoms with E-state index >= 15 is 0 Å². The van der Waals surface area contributed by atoms with Crippen LogP contribution in [0.1, 0.15) is 31.0 Å². The van der Waals surface area contributed by atoms with Crippen LogP contribution in [0.15, 0.2) is 83.4 Å². The Kier molecular flexibility index (Phi) is 10.1. The van der Waals surface area contributed by atoms with E-state index < -0.39 is 29.5 Å². The van der Waals surface area contributed by atoms with Crippen LogP contribution in [0.25, 0.3) is 11.3 Å². The zero-order valence-corrected chi connectivity index (χ0v) is 26.8. The second-order valence-electron chi connectivity index (χ2n) is 11.4. The average molecular weight is 708 g/mol. The zero-order chi connectivity index (χ0) is 34.8. The number of carboxylic acids is 1. The lowest BCUT2D eigenvalue weighted by molar-refractivity contribution is -0.192. The number of aliphatic carboxylic acids is 1. The summed E-state index contributed by atoms with van der Waals surface area (Å²) in [6.45, 7) is 3.31. The minimum Gasteiger partial charge on any atom is -0.475 e. The predicted octanol–water partition coefficient (Wildman–Crippen LogP) is 7.81. The summed E-state index contributed by atoms with van der Waals surface area (Å²) >= 11 is 12.2. The molecule has 1 N–H and O–H groups in total. The summed E-state index contributed by atoms with van der Waals surface area (Å²) in [7, 11) is 0. The third-order valence-electron chi connectivity index (χ3n) is 8.18. The molecule has 3 amide bonds. The summed E-state index contributed by atoms with van der Waals surface area (Å²) in [5.74, 6) is -3.13. The molecule has 4 aromatic rings. The quantitative estimate of drug-likeness (QED) is 0.161. The molecule has 48 heavy (non-hydrogen) atoms. The Morgan fingerprint density at radius 1 is 1.00 bits per heavy atom. The van der Waals surface area contributed by atoms with Gasteiger partial charge in [-0.3, -0.25) is 19.5 Å². The Morgan fingerprint density at radius 2 is 1.71 bits per heavy atom. The topological polar surface area (TPSA) is 107 Å². The Balaban J connectivity index is 0.000000582. The molecule has 3 aromatic carbocycles. The van der Waals surface area contributed by atoms with Crippen LogP contribution in [0.3, 0.4) is 0 Å². The highest BCUT2D eigenvalue weighted by molar-refractivity contribution is 6.42. The van der Waals surface area contributed by atoms with Gasteiger partial charge >= 0.3 is 18.2 Å². The SMILES string of the molecule is C[C@H]1C[C@]2(CCN1Cc1ccccc1)C(=O)N(Cc1cc(-c3ccc(Cl)c(Cl)c3)on1)C(=O)N2c1cccc(F)c1.O=C(O)C(F)(F)F. The molecule has 15 heteroatoms. The molecular weight excluding hydrogens is 679 g/mol. The number of aromatic nitrogens is 1. The Labute approximate surface area is 282 Å². The fraction of sp³-hybridized carbons (Fsp3) is 0.273. The van der Waals surface area contributed by atoms with Crippen LogP contribution >= 0.6 is 23.2 Å². The van der Waals surface area contributed by atoms with E-state index in [1.807, 2.05) is 18.2 Å². The highest BCUT2D eigenvalue weighted by Gasteiger charge is 2.60. The smallest absolute Gasteiger partial charge is 0.475 e. The maximum Gasteiger partial charge on any atom is 0.490 e. The maximum absolute atomic E-state index is 14.4. The molecule has 2 saturated heterocycles. The van der Waals surface area contributed by atoms with E-state index in [1.165, 1.54) is 27.5 Å². The van der Waals surface area contributed by atoms with Crippen molar-refractivity contribution in [2.45, 2.75) is 50.6 Å². The molecule has 0 unspecified atom stereocenters. The third-order valence-corrected chi connectivity index (χ3v) is 8.92. The molecule has 0 aliphatic carbocycles. The number of likely N-dealkylation sites (tertiary alicyclic amines) is 1. The van der Waals surface area contributed by atoms with Gasteiger partial charge in [0.15, 0.2) is 5.76 Å². The lowest BCUT2D eigenvalue weighted by Crippen LogP contribution is -2.59. The number of imide groups is 1. The molecule has 252 valence electrons. The minimum atomic E-state index is -5.08. The third kappa shape index (κ3) is 7.33. The van der Waals surface area contributed by atoms with E-state index in [2.05, 4.69) is 29.1 Å². The van der Waals surface area contributed by atoms with Crippen LogP contribution in [-0.2, 0) is 22.7 Å². The van der Waals surface area contributed by atoms with E-state index in [9.17, 15) is 27.2 Å². The van der Waals surface area contributed by atoms with Crippen LogP contribution in [0.2, 0.25) is 10.0 Å². The molecule has 0 radical (unpaired) electrons. The van der Waals surface area contributed by atoms with Gasteiger partial charge < -0.3 is 9.63 Å². The number of hydrogen-bond acceptors (Lipinski definition) is 6. The van der Waals surface area contributed by atoms with Gasteiger partial charge in [-0.05, 0) is 61.7 Å². The number of anilines is 1. The number of benzene rings is 3. The molecule has 9 nitrogen and oxygen atoms in total. The first kappa shape index (κ1) is 34.9. The normalized spacial score (nSPS) is 19.9. The van der Waals surface area contributed by atoms with Crippen molar-refractivity contribution in [3.63, 3.8) is 0 Å². The van der Waals surface area contributed by atoms with Gasteiger partial charge in [-0.2, -0.15) is 13.2 Å². The Bertz CT molecular complexity index is 1820. The number of hydrogen-bond donors (Lipinski definition) is 1. The van der Waals surface area contributed by atoms with Gasteiger partial charge in [0.05, 0.1) is 16.6 Å². The predicted molar refractivity (Wildman–Crippen MR) is 169 cm³/mol. The Morgan fingerprint density at radius 3 is 2.33 bits per heavy atom. The van der Waals surface area contributed by atoms with E-state index in [0.717, 1.165) is 6.54 Å². The first-order chi connectivity index (χ1) is 22.7. The molecule has 3 heterocycles. The van der Waals surface area contributed by atoms with Crippen LogP contribution in [0, 0.1) is 5.82 Å². The fourth-order valence-corrected chi connectivity index (χ4v) is 6.20. The van der Waals surface area contributed by atoms with Crippen molar-refractivity contribution in [2.24, 2.45) is 0 Å². The van der Waals surface area contributed by atoms with Gasteiger partial charge in [0.1, 0.15) is 17.1 Å².